The maximum atomic E-state index is 12.9. The van der Waals surface area contributed by atoms with Gasteiger partial charge in [-0.05, 0) is 55.0 Å². The van der Waals surface area contributed by atoms with Crippen molar-refractivity contribution in [2.45, 2.75) is 26.7 Å². The SMILES string of the molecule is COc1cc2occ(-c3cccc(Br)c3)c2cc1/C(C)=C/C(=O)N1CCCC(C)C1. The number of furan rings is 1. The fourth-order valence-corrected chi connectivity index (χ4v) is 4.55. The van der Waals surface area contributed by atoms with E-state index in [9.17, 15) is 4.79 Å². The lowest BCUT2D eigenvalue weighted by molar-refractivity contribution is -0.127. The van der Waals surface area contributed by atoms with Crippen LogP contribution in [0.5, 0.6) is 5.75 Å². The molecule has 1 aliphatic heterocycles. The molecule has 3 aromatic rings. The van der Waals surface area contributed by atoms with Crippen LogP contribution in [-0.2, 0) is 4.79 Å². The topological polar surface area (TPSA) is 42.7 Å². The lowest BCUT2D eigenvalue weighted by Gasteiger charge is -2.30. The Morgan fingerprint density at radius 3 is 2.87 bits per heavy atom. The third kappa shape index (κ3) is 4.17. The minimum absolute atomic E-state index is 0.0700. The Hall–Kier alpha value is -2.53. The van der Waals surface area contributed by atoms with Gasteiger partial charge in [-0.15, -0.1) is 0 Å². The molecule has 4 rings (SSSR count). The van der Waals surface area contributed by atoms with E-state index in [1.165, 1.54) is 6.42 Å². The van der Waals surface area contributed by atoms with E-state index in [0.29, 0.717) is 11.7 Å². The lowest BCUT2D eigenvalue weighted by atomic mass is 9.98. The summed E-state index contributed by atoms with van der Waals surface area (Å²) in [5.41, 5.74) is 4.63. The fraction of sp³-hybridized carbons (Fsp3) is 0.320. The molecule has 0 radical (unpaired) electrons. The highest BCUT2D eigenvalue weighted by Gasteiger charge is 2.21. The number of ether oxygens (including phenoxy) is 1. The molecular weight excluding hydrogens is 442 g/mol. The molecule has 156 valence electrons. The first kappa shape index (κ1) is 20.7. The van der Waals surface area contributed by atoms with E-state index >= 15 is 0 Å². The Morgan fingerprint density at radius 1 is 1.30 bits per heavy atom. The van der Waals surface area contributed by atoms with Crippen molar-refractivity contribution in [2.75, 3.05) is 20.2 Å². The molecule has 2 aromatic carbocycles. The number of methoxy groups -OCH3 is 1. The standard InChI is InChI=1S/C25H26BrNO3/c1-16-6-5-9-27(14-16)25(28)10-17(2)20-12-21-22(18-7-4-8-19(26)11-18)15-30-24(21)13-23(20)29-3/h4,7-8,10-13,15-16H,5-6,9,14H2,1-3H3/b17-10+. The van der Waals surface area contributed by atoms with E-state index in [1.807, 2.05) is 30.0 Å². The molecule has 1 unspecified atom stereocenters. The van der Waals surface area contributed by atoms with E-state index in [-0.39, 0.29) is 5.91 Å². The Labute approximate surface area is 185 Å². The fourth-order valence-electron chi connectivity index (χ4n) is 4.16. The van der Waals surface area contributed by atoms with Crippen LogP contribution in [0.25, 0.3) is 27.7 Å². The molecule has 5 heteroatoms. The summed E-state index contributed by atoms with van der Waals surface area (Å²) >= 11 is 3.54. The second-order valence-corrected chi connectivity index (χ2v) is 8.98. The predicted octanol–water partition coefficient (Wildman–Crippen LogP) is 6.53. The number of benzene rings is 2. The summed E-state index contributed by atoms with van der Waals surface area (Å²) in [6.45, 7) is 5.83. The first-order valence-electron chi connectivity index (χ1n) is 10.3. The van der Waals surface area contributed by atoms with Crippen molar-refractivity contribution < 1.29 is 13.9 Å². The van der Waals surface area contributed by atoms with Crippen molar-refractivity contribution in [1.82, 2.24) is 4.90 Å². The molecule has 0 bridgehead atoms. The first-order chi connectivity index (χ1) is 14.5. The molecule has 2 heterocycles. The van der Waals surface area contributed by atoms with Crippen LogP contribution >= 0.6 is 15.9 Å². The van der Waals surface area contributed by atoms with Gasteiger partial charge < -0.3 is 14.1 Å². The van der Waals surface area contributed by atoms with E-state index < -0.39 is 0 Å². The van der Waals surface area contributed by atoms with Gasteiger partial charge in [0.25, 0.3) is 0 Å². The van der Waals surface area contributed by atoms with Gasteiger partial charge in [0.05, 0.1) is 13.4 Å². The maximum Gasteiger partial charge on any atom is 0.246 e. The van der Waals surface area contributed by atoms with Crippen molar-refractivity contribution >= 4 is 38.4 Å². The van der Waals surface area contributed by atoms with Gasteiger partial charge in [0.15, 0.2) is 0 Å². The van der Waals surface area contributed by atoms with E-state index in [1.54, 1.807) is 19.4 Å². The summed E-state index contributed by atoms with van der Waals surface area (Å²) in [6.07, 6.45) is 5.77. The Morgan fingerprint density at radius 2 is 2.13 bits per heavy atom. The lowest BCUT2D eigenvalue weighted by Crippen LogP contribution is -2.38. The van der Waals surface area contributed by atoms with Gasteiger partial charge >= 0.3 is 0 Å². The summed E-state index contributed by atoms with van der Waals surface area (Å²) in [5, 5.41) is 0.996. The molecule has 1 amide bonds. The third-order valence-electron chi connectivity index (χ3n) is 5.76. The molecule has 1 aromatic heterocycles. The number of hydrogen-bond acceptors (Lipinski definition) is 3. The monoisotopic (exact) mass is 467 g/mol. The smallest absolute Gasteiger partial charge is 0.246 e. The Bertz CT molecular complexity index is 1110. The van der Waals surface area contributed by atoms with Gasteiger partial charge in [-0.25, -0.2) is 0 Å². The number of carbonyl (C=O) groups is 1. The van der Waals surface area contributed by atoms with Crippen molar-refractivity contribution in [1.29, 1.82) is 0 Å². The average molecular weight is 468 g/mol. The van der Waals surface area contributed by atoms with Crippen LogP contribution in [0.4, 0.5) is 0 Å². The largest absolute Gasteiger partial charge is 0.496 e. The zero-order valence-electron chi connectivity index (χ0n) is 17.6. The quantitative estimate of drug-likeness (QED) is 0.409. The van der Waals surface area contributed by atoms with Crippen molar-refractivity contribution in [3.8, 4) is 16.9 Å². The summed E-state index contributed by atoms with van der Waals surface area (Å²) in [5.74, 6) is 1.33. The van der Waals surface area contributed by atoms with Gasteiger partial charge in [-0.3, -0.25) is 4.79 Å². The molecule has 1 saturated heterocycles. The minimum Gasteiger partial charge on any atom is -0.496 e. The van der Waals surface area contributed by atoms with Gasteiger partial charge in [-0.2, -0.15) is 0 Å². The number of piperidine rings is 1. The molecule has 30 heavy (non-hydrogen) atoms. The Kier molecular flexibility index (Phi) is 6.00. The van der Waals surface area contributed by atoms with E-state index in [0.717, 1.165) is 57.2 Å². The van der Waals surface area contributed by atoms with Crippen LogP contribution in [0.3, 0.4) is 0 Å². The first-order valence-corrected chi connectivity index (χ1v) is 11.1. The van der Waals surface area contributed by atoms with Crippen LogP contribution in [0, 0.1) is 5.92 Å². The van der Waals surface area contributed by atoms with Crippen LogP contribution in [0.2, 0.25) is 0 Å². The molecule has 0 N–H and O–H groups in total. The number of allylic oxidation sites excluding steroid dienone is 1. The normalized spacial score (nSPS) is 17.4. The second kappa shape index (κ2) is 8.68. The molecule has 1 atom stereocenters. The van der Waals surface area contributed by atoms with Crippen molar-refractivity contribution in [3.63, 3.8) is 0 Å². The number of hydrogen-bond donors (Lipinski definition) is 0. The number of rotatable bonds is 4. The number of nitrogens with zero attached hydrogens (tertiary/aromatic N) is 1. The molecule has 0 aliphatic carbocycles. The number of carbonyl (C=O) groups excluding carboxylic acids is 1. The predicted molar refractivity (Wildman–Crippen MR) is 125 cm³/mol. The van der Waals surface area contributed by atoms with E-state index in [2.05, 4.69) is 41.1 Å². The van der Waals surface area contributed by atoms with Crippen molar-refractivity contribution in [2.24, 2.45) is 5.92 Å². The number of halogens is 1. The zero-order valence-corrected chi connectivity index (χ0v) is 19.2. The van der Waals surface area contributed by atoms with Gasteiger partial charge in [0, 0.05) is 46.2 Å². The summed E-state index contributed by atoms with van der Waals surface area (Å²) in [6, 6.07) is 12.1. The molecule has 0 saturated carbocycles. The van der Waals surface area contributed by atoms with Gasteiger partial charge in [-0.1, -0.05) is 35.0 Å². The van der Waals surface area contributed by atoms with Crippen LogP contribution in [0.15, 0.2) is 57.6 Å². The highest BCUT2D eigenvalue weighted by molar-refractivity contribution is 9.10. The minimum atomic E-state index is 0.0700. The molecular formula is C25H26BrNO3. The number of amides is 1. The van der Waals surface area contributed by atoms with Gasteiger partial charge in [0.2, 0.25) is 5.91 Å². The number of fused-ring (bicyclic) bond motifs is 1. The van der Waals surface area contributed by atoms with Crippen LogP contribution in [-0.4, -0.2) is 31.0 Å². The zero-order chi connectivity index (χ0) is 21.3. The summed E-state index contributed by atoms with van der Waals surface area (Å²) < 4.78 is 12.5. The van der Waals surface area contributed by atoms with Crippen LogP contribution in [0.1, 0.15) is 32.3 Å². The van der Waals surface area contributed by atoms with Crippen LogP contribution < -0.4 is 4.74 Å². The van der Waals surface area contributed by atoms with E-state index in [4.69, 9.17) is 9.15 Å². The molecule has 4 nitrogen and oxygen atoms in total. The maximum absolute atomic E-state index is 12.9. The highest BCUT2D eigenvalue weighted by Crippen LogP contribution is 2.38. The third-order valence-corrected chi connectivity index (χ3v) is 6.26. The van der Waals surface area contributed by atoms with Crippen molar-refractivity contribution in [3.05, 3.63) is 58.8 Å². The average Bonchev–Trinajstić information content (AvgIpc) is 3.15. The van der Waals surface area contributed by atoms with Gasteiger partial charge in [0.1, 0.15) is 11.3 Å². The molecule has 1 fully saturated rings. The molecule has 0 spiro atoms. The second-order valence-electron chi connectivity index (χ2n) is 8.07. The highest BCUT2D eigenvalue weighted by atomic mass is 79.9. The molecule has 1 aliphatic rings. The summed E-state index contributed by atoms with van der Waals surface area (Å²) in [4.78, 5) is 14.8. The Balaban J connectivity index is 1.73. The number of likely N-dealkylation sites (tertiary alicyclic amines) is 1. The summed E-state index contributed by atoms with van der Waals surface area (Å²) in [7, 11) is 1.64.